The lowest BCUT2D eigenvalue weighted by Gasteiger charge is -2.47. The molecule has 2 aromatic heterocycles. The number of nitrogens with zero attached hydrogens (tertiary/aromatic N) is 3. The van der Waals surface area contributed by atoms with E-state index >= 15 is 0 Å². The van der Waals surface area contributed by atoms with Crippen LogP contribution in [0.3, 0.4) is 0 Å². The van der Waals surface area contributed by atoms with Crippen LogP contribution in [0.5, 0.6) is 0 Å². The lowest BCUT2D eigenvalue weighted by atomic mass is 9.92. The van der Waals surface area contributed by atoms with Gasteiger partial charge in [-0.25, -0.2) is 22.9 Å². The normalized spacial score (nSPS) is 15.2. The molecule has 0 radical (unpaired) electrons. The number of benzene rings is 1. The smallest absolute Gasteiger partial charge is 0.341 e. The van der Waals surface area contributed by atoms with Crippen molar-refractivity contribution in [3.05, 3.63) is 56.6 Å². The molecule has 162 valence electrons. The Bertz CT molecular complexity index is 1330. The second kappa shape index (κ2) is 6.86. The highest BCUT2D eigenvalue weighted by molar-refractivity contribution is 6.38. The molecule has 1 aliphatic heterocycles. The third-order valence-electron chi connectivity index (χ3n) is 4.97. The number of halogens is 4. The number of carboxylic acid groups (broad SMARTS) is 1. The number of nitrogen functional groups attached to an aromatic ring is 1. The van der Waals surface area contributed by atoms with Crippen molar-refractivity contribution in [3.8, 4) is 5.82 Å². The van der Waals surface area contributed by atoms with Gasteiger partial charge in [-0.05, 0) is 13.0 Å². The summed E-state index contributed by atoms with van der Waals surface area (Å²) in [6.07, 6.45) is 0.784. The number of rotatable bonds is 3. The largest absolute Gasteiger partial charge is 0.477 e. The van der Waals surface area contributed by atoms with Crippen LogP contribution in [-0.2, 0) is 0 Å². The monoisotopic (exact) mass is 453 g/mol. The second-order valence-electron chi connectivity index (χ2n) is 7.64. The Kier molecular flexibility index (Phi) is 4.63. The van der Waals surface area contributed by atoms with Crippen LogP contribution in [-0.4, -0.2) is 39.3 Å². The van der Waals surface area contributed by atoms with E-state index in [2.05, 4.69) is 4.98 Å². The zero-order chi connectivity index (χ0) is 22.8. The number of hydrogen-bond donors (Lipinski definition) is 3. The Morgan fingerprint density at radius 3 is 2.45 bits per heavy atom. The zero-order valence-corrected chi connectivity index (χ0v) is 16.7. The fourth-order valence-corrected chi connectivity index (χ4v) is 4.04. The molecule has 5 N–H and O–H groups in total. The number of carbonyl (C=O) groups is 1. The molecule has 0 aliphatic carbocycles. The number of nitrogens with two attached hydrogens (primary N) is 2. The number of fused-ring (bicyclic) bond motifs is 1. The standard InChI is InChI=1S/C19H15ClF3N5O3/c1-19(25)5-27(6-19)14-9(21)2-7-13(12(14)20)28(4-8(15(7)29)18(30)31)17-11(23)3-10(22)16(24)26-17/h2-4H,5-6,25H2,1H3,(H2,24,26)(H,30,31). The molecule has 1 saturated heterocycles. The fourth-order valence-electron chi connectivity index (χ4n) is 3.64. The van der Waals surface area contributed by atoms with Gasteiger partial charge in [-0.3, -0.25) is 9.36 Å². The van der Waals surface area contributed by atoms with E-state index in [-0.39, 0.29) is 29.3 Å². The Balaban J connectivity index is 2.12. The summed E-state index contributed by atoms with van der Waals surface area (Å²) < 4.78 is 44.0. The average molecular weight is 454 g/mol. The molecule has 0 amide bonds. The SMILES string of the molecule is CC1(N)CN(c2c(F)cc3c(=O)c(C(=O)O)cn(-c4nc(N)c(F)cc4F)c3c2Cl)C1. The number of pyridine rings is 2. The van der Waals surface area contributed by atoms with E-state index in [1.807, 2.05) is 0 Å². The van der Waals surface area contributed by atoms with Crippen molar-refractivity contribution in [2.45, 2.75) is 12.5 Å². The maximum Gasteiger partial charge on any atom is 0.341 e. The highest BCUT2D eigenvalue weighted by Gasteiger charge is 2.38. The van der Waals surface area contributed by atoms with Crippen LogP contribution in [0.4, 0.5) is 24.7 Å². The molecule has 3 heterocycles. The van der Waals surface area contributed by atoms with Crippen LogP contribution in [0.25, 0.3) is 16.7 Å². The van der Waals surface area contributed by atoms with Crippen LogP contribution < -0.4 is 21.8 Å². The lowest BCUT2D eigenvalue weighted by molar-refractivity contribution is 0.0695. The molecule has 0 bridgehead atoms. The van der Waals surface area contributed by atoms with E-state index in [4.69, 9.17) is 23.1 Å². The minimum Gasteiger partial charge on any atom is -0.477 e. The summed E-state index contributed by atoms with van der Waals surface area (Å²) in [4.78, 5) is 29.4. The number of carboxylic acids is 1. The van der Waals surface area contributed by atoms with Gasteiger partial charge in [-0.2, -0.15) is 0 Å². The number of anilines is 2. The van der Waals surface area contributed by atoms with Crippen LogP contribution in [0.15, 0.2) is 23.1 Å². The Morgan fingerprint density at radius 2 is 1.87 bits per heavy atom. The number of aromatic nitrogens is 2. The van der Waals surface area contributed by atoms with Crippen molar-refractivity contribution in [2.75, 3.05) is 23.7 Å². The first-order chi connectivity index (χ1) is 14.4. The van der Waals surface area contributed by atoms with E-state index in [1.54, 1.807) is 6.92 Å². The summed E-state index contributed by atoms with van der Waals surface area (Å²) in [6, 6.07) is 1.27. The minimum absolute atomic E-state index is 0.0937. The predicted octanol–water partition coefficient (Wildman–Crippen LogP) is 2.27. The molecule has 1 fully saturated rings. The molecule has 8 nitrogen and oxygen atoms in total. The molecular formula is C19H15ClF3N5O3. The molecule has 3 aromatic rings. The summed E-state index contributed by atoms with van der Waals surface area (Å²) in [7, 11) is 0. The van der Waals surface area contributed by atoms with Crippen LogP contribution in [0, 0.1) is 17.5 Å². The van der Waals surface area contributed by atoms with Gasteiger partial charge in [0, 0.05) is 30.9 Å². The maximum absolute atomic E-state index is 14.9. The van der Waals surface area contributed by atoms with Gasteiger partial charge in [0.05, 0.1) is 21.6 Å². The number of hydrogen-bond acceptors (Lipinski definition) is 6. The van der Waals surface area contributed by atoms with E-state index in [0.717, 1.165) is 16.8 Å². The number of aromatic carboxylic acids is 1. The van der Waals surface area contributed by atoms with Gasteiger partial charge in [0.2, 0.25) is 5.43 Å². The van der Waals surface area contributed by atoms with E-state index in [0.29, 0.717) is 6.07 Å². The van der Waals surface area contributed by atoms with Gasteiger partial charge < -0.3 is 21.5 Å². The zero-order valence-electron chi connectivity index (χ0n) is 15.9. The van der Waals surface area contributed by atoms with Crippen molar-refractivity contribution in [3.63, 3.8) is 0 Å². The average Bonchev–Trinajstić information content (AvgIpc) is 2.64. The van der Waals surface area contributed by atoms with E-state index in [9.17, 15) is 27.9 Å². The third-order valence-corrected chi connectivity index (χ3v) is 5.33. The third kappa shape index (κ3) is 3.26. The topological polar surface area (TPSA) is 127 Å². The molecular weight excluding hydrogens is 439 g/mol. The highest BCUT2D eigenvalue weighted by Crippen LogP contribution is 2.39. The molecule has 12 heteroatoms. The molecule has 0 spiro atoms. The van der Waals surface area contributed by atoms with Crippen molar-refractivity contribution in [1.82, 2.24) is 9.55 Å². The Morgan fingerprint density at radius 1 is 1.23 bits per heavy atom. The summed E-state index contributed by atoms with van der Waals surface area (Å²) >= 11 is 6.44. The van der Waals surface area contributed by atoms with Gasteiger partial charge in [0.25, 0.3) is 0 Å². The van der Waals surface area contributed by atoms with Crippen LogP contribution in [0.2, 0.25) is 5.02 Å². The summed E-state index contributed by atoms with van der Waals surface area (Å²) in [5, 5.41) is 8.68. The Hall–Kier alpha value is -3.31. The van der Waals surface area contributed by atoms with Gasteiger partial charge >= 0.3 is 5.97 Å². The van der Waals surface area contributed by atoms with Gasteiger partial charge in [0.15, 0.2) is 23.3 Å². The first-order valence-electron chi connectivity index (χ1n) is 8.87. The van der Waals surface area contributed by atoms with Crippen molar-refractivity contribution in [2.24, 2.45) is 5.73 Å². The molecule has 0 unspecified atom stereocenters. The molecule has 0 atom stereocenters. The fraction of sp³-hybridized carbons (Fsp3) is 0.211. The second-order valence-corrected chi connectivity index (χ2v) is 8.01. The predicted molar refractivity (Wildman–Crippen MR) is 108 cm³/mol. The summed E-state index contributed by atoms with van der Waals surface area (Å²) in [6.45, 7) is 2.26. The molecule has 1 aliphatic rings. The van der Waals surface area contributed by atoms with Crippen molar-refractivity contribution < 1.29 is 23.1 Å². The van der Waals surface area contributed by atoms with Crippen molar-refractivity contribution >= 4 is 40.0 Å². The van der Waals surface area contributed by atoms with Crippen molar-refractivity contribution in [1.29, 1.82) is 0 Å². The summed E-state index contributed by atoms with van der Waals surface area (Å²) in [5.74, 6) is -6.14. The van der Waals surface area contributed by atoms with E-state index in [1.165, 1.54) is 4.90 Å². The maximum atomic E-state index is 14.9. The first-order valence-corrected chi connectivity index (χ1v) is 9.25. The van der Waals surface area contributed by atoms with Crippen LogP contribution >= 0.6 is 11.6 Å². The molecule has 0 saturated carbocycles. The van der Waals surface area contributed by atoms with E-state index < -0.39 is 57.0 Å². The molecule has 1 aromatic carbocycles. The Labute approximate surface area is 177 Å². The molecule has 31 heavy (non-hydrogen) atoms. The van der Waals surface area contributed by atoms with Crippen LogP contribution in [0.1, 0.15) is 17.3 Å². The van der Waals surface area contributed by atoms with Gasteiger partial charge in [0.1, 0.15) is 11.4 Å². The highest BCUT2D eigenvalue weighted by atomic mass is 35.5. The lowest BCUT2D eigenvalue weighted by Crippen LogP contribution is -2.65. The quantitative estimate of drug-likeness (QED) is 0.555. The summed E-state index contributed by atoms with van der Waals surface area (Å²) in [5.41, 5.74) is 8.70. The van der Waals surface area contributed by atoms with Gasteiger partial charge in [-0.15, -0.1) is 0 Å². The minimum atomic E-state index is -1.64. The molecule has 4 rings (SSSR count). The first kappa shape index (κ1) is 20.9. The van der Waals surface area contributed by atoms with Gasteiger partial charge in [-0.1, -0.05) is 11.6 Å².